The van der Waals surface area contributed by atoms with Crippen LogP contribution in [0.2, 0.25) is 5.15 Å². The van der Waals surface area contributed by atoms with E-state index in [2.05, 4.69) is 9.97 Å². The summed E-state index contributed by atoms with van der Waals surface area (Å²) in [7, 11) is 0. The van der Waals surface area contributed by atoms with E-state index in [0.717, 1.165) is 12.1 Å². The number of rotatable bonds is 2. The normalized spacial score (nSPS) is 11.5. The highest BCUT2D eigenvalue weighted by molar-refractivity contribution is 6.29. The number of ether oxygens (including phenoxy) is 1. The molecule has 0 fully saturated rings. The fourth-order valence-corrected chi connectivity index (χ4v) is 1.29. The van der Waals surface area contributed by atoms with Gasteiger partial charge >= 0.3 is 6.18 Å². The van der Waals surface area contributed by atoms with Crippen molar-refractivity contribution in [2.75, 3.05) is 0 Å². The Balaban J connectivity index is 2.13. The van der Waals surface area contributed by atoms with E-state index in [9.17, 15) is 13.2 Å². The van der Waals surface area contributed by atoms with Gasteiger partial charge in [-0.2, -0.15) is 13.2 Å². The Bertz CT molecular complexity index is 507. The molecule has 0 spiro atoms. The summed E-state index contributed by atoms with van der Waals surface area (Å²) in [5.41, 5.74) is -0.734. The fourth-order valence-electron chi connectivity index (χ4n) is 1.16. The number of benzene rings is 1. The minimum Gasteiger partial charge on any atom is -0.426 e. The zero-order chi connectivity index (χ0) is 12.5. The Kier molecular flexibility index (Phi) is 2.97. The number of halogens is 4. The summed E-state index contributed by atoms with van der Waals surface area (Å²) < 4.78 is 42.0. The summed E-state index contributed by atoms with van der Waals surface area (Å²) in [5.74, 6) is 0.240. The highest BCUT2D eigenvalue weighted by atomic mass is 35.5. The van der Waals surface area contributed by atoms with Gasteiger partial charge in [0, 0.05) is 0 Å². The predicted octanol–water partition coefficient (Wildman–Crippen LogP) is 3.87. The SMILES string of the molecule is FC(F)(F)c1ccc(Oc2ncc(Cl)[nH]2)cc1. The second kappa shape index (κ2) is 4.29. The third-order valence-electron chi connectivity index (χ3n) is 1.92. The van der Waals surface area contributed by atoms with Gasteiger partial charge in [0.1, 0.15) is 10.9 Å². The molecule has 1 N–H and O–H groups in total. The lowest BCUT2D eigenvalue weighted by Crippen LogP contribution is -2.04. The molecular formula is C10H6ClF3N2O. The lowest BCUT2D eigenvalue weighted by Gasteiger charge is -2.07. The molecule has 7 heteroatoms. The average molecular weight is 263 g/mol. The van der Waals surface area contributed by atoms with Crippen molar-refractivity contribution in [3.05, 3.63) is 41.2 Å². The molecule has 0 aliphatic carbocycles. The Morgan fingerprint density at radius 3 is 2.29 bits per heavy atom. The van der Waals surface area contributed by atoms with Crippen molar-refractivity contribution >= 4 is 11.6 Å². The van der Waals surface area contributed by atoms with Crippen molar-refractivity contribution in [1.82, 2.24) is 9.97 Å². The van der Waals surface area contributed by atoms with Crippen molar-refractivity contribution in [2.24, 2.45) is 0 Å². The largest absolute Gasteiger partial charge is 0.426 e. The highest BCUT2D eigenvalue weighted by Crippen LogP contribution is 2.31. The van der Waals surface area contributed by atoms with Crippen LogP contribution in [-0.2, 0) is 6.18 Å². The molecule has 0 bridgehead atoms. The minimum absolute atomic E-state index is 0.120. The van der Waals surface area contributed by atoms with E-state index in [-0.39, 0.29) is 16.9 Å². The van der Waals surface area contributed by atoms with Gasteiger partial charge in [0.15, 0.2) is 0 Å². The third-order valence-corrected chi connectivity index (χ3v) is 2.11. The maximum Gasteiger partial charge on any atom is 0.416 e. The number of aromatic amines is 1. The molecule has 17 heavy (non-hydrogen) atoms. The lowest BCUT2D eigenvalue weighted by molar-refractivity contribution is -0.137. The van der Waals surface area contributed by atoms with Crippen molar-refractivity contribution in [1.29, 1.82) is 0 Å². The maximum absolute atomic E-state index is 12.3. The van der Waals surface area contributed by atoms with Crippen LogP contribution in [-0.4, -0.2) is 9.97 Å². The van der Waals surface area contributed by atoms with E-state index < -0.39 is 11.7 Å². The Morgan fingerprint density at radius 1 is 1.18 bits per heavy atom. The molecule has 0 atom stereocenters. The van der Waals surface area contributed by atoms with Crippen LogP contribution in [0, 0.1) is 0 Å². The molecular weight excluding hydrogens is 257 g/mol. The highest BCUT2D eigenvalue weighted by Gasteiger charge is 2.30. The Hall–Kier alpha value is -1.69. The van der Waals surface area contributed by atoms with Crippen molar-refractivity contribution in [3.8, 4) is 11.8 Å². The first kappa shape index (κ1) is 11.8. The van der Waals surface area contributed by atoms with Gasteiger partial charge in [-0.3, -0.25) is 4.98 Å². The molecule has 0 saturated carbocycles. The van der Waals surface area contributed by atoms with E-state index in [1.807, 2.05) is 0 Å². The summed E-state index contributed by atoms with van der Waals surface area (Å²) in [6, 6.07) is 4.40. The molecule has 0 amide bonds. The zero-order valence-electron chi connectivity index (χ0n) is 8.25. The Morgan fingerprint density at radius 2 is 1.82 bits per heavy atom. The third kappa shape index (κ3) is 2.91. The standard InChI is InChI=1S/C10H6ClF3N2O/c11-8-5-15-9(16-8)17-7-3-1-6(2-4-7)10(12,13)14/h1-5H,(H,15,16). The molecule has 2 aromatic rings. The number of hydrogen-bond donors (Lipinski definition) is 1. The van der Waals surface area contributed by atoms with Gasteiger partial charge in [-0.05, 0) is 24.3 Å². The summed E-state index contributed by atoms with van der Waals surface area (Å²) in [6.45, 7) is 0. The molecule has 0 unspecified atom stereocenters. The number of hydrogen-bond acceptors (Lipinski definition) is 2. The van der Waals surface area contributed by atoms with Gasteiger partial charge in [-0.1, -0.05) is 11.6 Å². The second-order valence-electron chi connectivity index (χ2n) is 3.16. The van der Waals surface area contributed by atoms with Gasteiger partial charge in [0.25, 0.3) is 6.01 Å². The summed E-state index contributed by atoms with van der Waals surface area (Å²) >= 11 is 5.56. The van der Waals surface area contributed by atoms with E-state index in [0.29, 0.717) is 0 Å². The van der Waals surface area contributed by atoms with Crippen molar-refractivity contribution < 1.29 is 17.9 Å². The topological polar surface area (TPSA) is 37.9 Å². The first-order valence-electron chi connectivity index (χ1n) is 4.51. The van der Waals surface area contributed by atoms with Crippen LogP contribution in [0.1, 0.15) is 5.56 Å². The molecule has 1 aromatic heterocycles. The predicted molar refractivity (Wildman–Crippen MR) is 55.1 cm³/mol. The van der Waals surface area contributed by atoms with E-state index >= 15 is 0 Å². The van der Waals surface area contributed by atoms with Gasteiger partial charge in [0.05, 0.1) is 11.8 Å². The quantitative estimate of drug-likeness (QED) is 0.892. The number of imidazole rings is 1. The smallest absolute Gasteiger partial charge is 0.416 e. The van der Waals surface area contributed by atoms with E-state index in [1.54, 1.807) is 0 Å². The summed E-state index contributed by atoms with van der Waals surface area (Å²) in [6.07, 6.45) is -3.02. The molecule has 0 saturated heterocycles. The summed E-state index contributed by atoms with van der Waals surface area (Å²) in [4.78, 5) is 6.33. The lowest BCUT2D eigenvalue weighted by atomic mass is 10.2. The molecule has 2 rings (SSSR count). The number of alkyl halides is 3. The number of nitrogens with one attached hydrogen (secondary N) is 1. The number of H-pyrrole nitrogens is 1. The van der Waals surface area contributed by atoms with E-state index in [1.165, 1.54) is 18.3 Å². The molecule has 1 heterocycles. The van der Waals surface area contributed by atoms with Crippen LogP contribution in [0.3, 0.4) is 0 Å². The molecule has 1 aromatic carbocycles. The first-order valence-corrected chi connectivity index (χ1v) is 4.88. The van der Waals surface area contributed by atoms with Gasteiger partial charge in [-0.15, -0.1) is 0 Å². The molecule has 0 aliphatic heterocycles. The average Bonchev–Trinajstić information content (AvgIpc) is 2.63. The van der Waals surface area contributed by atoms with Crippen molar-refractivity contribution in [2.45, 2.75) is 6.18 Å². The summed E-state index contributed by atoms with van der Waals surface area (Å²) in [5, 5.41) is 0.284. The Labute approximate surface area is 99.2 Å². The van der Waals surface area contributed by atoms with Gasteiger partial charge in [-0.25, -0.2) is 4.98 Å². The minimum atomic E-state index is -4.35. The fraction of sp³-hybridized carbons (Fsp3) is 0.100. The number of aromatic nitrogens is 2. The number of nitrogens with zero attached hydrogens (tertiary/aromatic N) is 1. The molecule has 0 radical (unpaired) electrons. The van der Waals surface area contributed by atoms with Crippen LogP contribution < -0.4 is 4.74 Å². The van der Waals surface area contributed by atoms with Crippen LogP contribution in [0.5, 0.6) is 11.8 Å². The molecule has 90 valence electrons. The van der Waals surface area contributed by atoms with Crippen LogP contribution in [0.4, 0.5) is 13.2 Å². The van der Waals surface area contributed by atoms with Gasteiger partial charge < -0.3 is 4.74 Å². The monoisotopic (exact) mass is 262 g/mol. The van der Waals surface area contributed by atoms with E-state index in [4.69, 9.17) is 16.3 Å². The van der Waals surface area contributed by atoms with Gasteiger partial charge in [0.2, 0.25) is 0 Å². The van der Waals surface area contributed by atoms with Crippen LogP contribution >= 0.6 is 11.6 Å². The van der Waals surface area contributed by atoms with Crippen molar-refractivity contribution in [3.63, 3.8) is 0 Å². The zero-order valence-corrected chi connectivity index (χ0v) is 9.01. The first-order chi connectivity index (χ1) is 7.95. The van der Waals surface area contributed by atoms with Crippen LogP contribution in [0.15, 0.2) is 30.5 Å². The van der Waals surface area contributed by atoms with Crippen LogP contribution in [0.25, 0.3) is 0 Å². The molecule has 3 nitrogen and oxygen atoms in total. The molecule has 0 aliphatic rings. The maximum atomic E-state index is 12.3. The second-order valence-corrected chi connectivity index (χ2v) is 3.57.